The van der Waals surface area contributed by atoms with Gasteiger partial charge in [0.2, 0.25) is 0 Å². The van der Waals surface area contributed by atoms with Crippen molar-refractivity contribution in [1.29, 1.82) is 0 Å². The molecule has 2 heterocycles. The van der Waals surface area contributed by atoms with E-state index >= 15 is 0 Å². The molecule has 0 spiro atoms. The van der Waals surface area contributed by atoms with Gasteiger partial charge in [0.15, 0.2) is 5.78 Å². The molecule has 3 aliphatic rings. The number of rotatable bonds is 0. The van der Waals surface area contributed by atoms with Crippen molar-refractivity contribution in [3.63, 3.8) is 0 Å². The first kappa shape index (κ1) is 7.47. The van der Waals surface area contributed by atoms with Gasteiger partial charge in [-0.05, 0) is 0 Å². The van der Waals surface area contributed by atoms with Gasteiger partial charge < -0.3 is 9.84 Å². The van der Waals surface area contributed by atoms with E-state index in [1.165, 1.54) is 0 Å². The molecule has 3 rings (SSSR count). The maximum atomic E-state index is 11.6. The quantitative estimate of drug-likeness (QED) is 0.421. The molecule has 0 amide bonds. The second kappa shape index (κ2) is 2.11. The number of fused-ring (bicyclic) bond motifs is 5. The van der Waals surface area contributed by atoms with Crippen LogP contribution in [0.1, 0.15) is 0 Å². The highest BCUT2D eigenvalue weighted by Gasteiger charge is 2.58. The van der Waals surface area contributed by atoms with E-state index in [-0.39, 0.29) is 29.8 Å². The van der Waals surface area contributed by atoms with Gasteiger partial charge in [-0.1, -0.05) is 18.7 Å². The number of ketones is 1. The number of Topliss-reactive ketones (excluding diaryl/α,β-unsaturated/α-hetero) is 1. The minimum atomic E-state index is -0.697. The van der Waals surface area contributed by atoms with Crippen LogP contribution in [0.15, 0.2) is 24.3 Å². The van der Waals surface area contributed by atoms with Gasteiger partial charge in [0.05, 0.1) is 24.2 Å². The van der Waals surface area contributed by atoms with Gasteiger partial charge >= 0.3 is 0 Å². The van der Waals surface area contributed by atoms with E-state index in [9.17, 15) is 9.90 Å². The van der Waals surface area contributed by atoms with E-state index in [1.807, 2.05) is 12.2 Å². The predicted octanol–water partition coefficient (Wildman–Crippen LogP) is 0.0558. The largest absolute Gasteiger partial charge is 0.388 e. The van der Waals surface area contributed by atoms with Crippen LogP contribution < -0.4 is 0 Å². The highest BCUT2D eigenvalue weighted by atomic mass is 16.5. The lowest BCUT2D eigenvalue weighted by molar-refractivity contribution is -0.119. The van der Waals surface area contributed by atoms with Crippen LogP contribution in [0.5, 0.6) is 0 Å². The van der Waals surface area contributed by atoms with Gasteiger partial charge in [0.25, 0.3) is 0 Å². The molecule has 0 aromatic carbocycles. The van der Waals surface area contributed by atoms with E-state index in [0.29, 0.717) is 5.57 Å². The number of carbonyl (C=O) groups excluding carboxylic acids is 1. The molecule has 0 aromatic rings. The molecule has 2 aliphatic heterocycles. The molecule has 68 valence electrons. The van der Waals surface area contributed by atoms with Crippen molar-refractivity contribution in [2.24, 2.45) is 11.8 Å². The Balaban J connectivity index is 2.07. The smallest absolute Gasteiger partial charge is 0.167 e. The lowest BCUT2D eigenvalue weighted by Gasteiger charge is -2.17. The molecule has 3 nitrogen and oxygen atoms in total. The summed E-state index contributed by atoms with van der Waals surface area (Å²) in [6, 6.07) is 0. The van der Waals surface area contributed by atoms with Crippen LogP contribution in [0.2, 0.25) is 0 Å². The van der Waals surface area contributed by atoms with Crippen LogP contribution in [-0.4, -0.2) is 29.2 Å². The summed E-state index contributed by atoms with van der Waals surface area (Å²) >= 11 is 0. The van der Waals surface area contributed by atoms with Crippen LogP contribution >= 0.6 is 0 Å². The van der Waals surface area contributed by atoms with Crippen LogP contribution in [-0.2, 0) is 9.53 Å². The van der Waals surface area contributed by atoms with Gasteiger partial charge in [-0.15, -0.1) is 0 Å². The molecule has 0 radical (unpaired) electrons. The average Bonchev–Trinajstić information content (AvgIpc) is 2.76. The topological polar surface area (TPSA) is 46.5 Å². The van der Waals surface area contributed by atoms with Crippen LogP contribution in [0.4, 0.5) is 0 Å². The first-order valence-corrected chi connectivity index (χ1v) is 4.45. The van der Waals surface area contributed by atoms with E-state index < -0.39 is 6.10 Å². The summed E-state index contributed by atoms with van der Waals surface area (Å²) in [5, 5.41) is 9.73. The number of aliphatic hydroxyl groups is 1. The Morgan fingerprint density at radius 1 is 1.38 bits per heavy atom. The second-order valence-electron chi connectivity index (χ2n) is 3.89. The molecule has 1 saturated carbocycles. The zero-order chi connectivity index (χ0) is 9.16. The summed E-state index contributed by atoms with van der Waals surface area (Å²) in [7, 11) is 0. The third kappa shape index (κ3) is 0.700. The Kier molecular flexibility index (Phi) is 1.21. The number of hydrogen-bond donors (Lipinski definition) is 1. The third-order valence-electron chi connectivity index (χ3n) is 3.29. The third-order valence-corrected chi connectivity index (χ3v) is 3.29. The summed E-state index contributed by atoms with van der Waals surface area (Å²) in [5.41, 5.74) is 0.358. The minimum Gasteiger partial charge on any atom is -0.388 e. The fourth-order valence-electron chi connectivity index (χ4n) is 2.63. The first-order chi connectivity index (χ1) is 6.20. The molecule has 3 heteroatoms. The number of hydrogen-bond acceptors (Lipinski definition) is 3. The molecule has 0 aromatic heterocycles. The molecule has 2 fully saturated rings. The SMILES string of the molecule is C=C1C(=O)[C@H]2C3C=CC(O3)C2C1O. The monoisotopic (exact) mass is 178 g/mol. The maximum Gasteiger partial charge on any atom is 0.167 e. The standard InChI is InChI=1S/C10H10O3/c1-4-9(11)7-5-2-3-6(13-5)8(7)10(4)12/h2-3,5-9,11H,1H2/t5?,6?,7?,8-,9?/m0/s1. The fourth-order valence-corrected chi connectivity index (χ4v) is 2.63. The van der Waals surface area contributed by atoms with Crippen molar-refractivity contribution in [2.75, 3.05) is 0 Å². The zero-order valence-electron chi connectivity index (χ0n) is 7.01. The molecular formula is C10H10O3. The number of ether oxygens (including phenoxy) is 1. The average molecular weight is 178 g/mol. The highest BCUT2D eigenvalue weighted by molar-refractivity contribution is 6.01. The van der Waals surface area contributed by atoms with E-state index in [1.54, 1.807) is 0 Å². The normalized spacial score (nSPS) is 51.9. The van der Waals surface area contributed by atoms with Crippen molar-refractivity contribution < 1.29 is 14.6 Å². The highest BCUT2D eigenvalue weighted by Crippen LogP contribution is 2.48. The zero-order valence-corrected chi connectivity index (χ0v) is 7.01. The van der Waals surface area contributed by atoms with Crippen molar-refractivity contribution >= 4 is 5.78 Å². The van der Waals surface area contributed by atoms with Crippen LogP contribution in [0.3, 0.4) is 0 Å². The minimum absolute atomic E-state index is 0.0191. The van der Waals surface area contributed by atoms with Gasteiger partial charge in [0, 0.05) is 11.5 Å². The lowest BCUT2D eigenvalue weighted by atomic mass is 9.85. The summed E-state index contributed by atoms with van der Waals surface area (Å²) in [4.78, 5) is 11.6. The first-order valence-electron chi connectivity index (χ1n) is 4.45. The van der Waals surface area contributed by atoms with E-state index in [2.05, 4.69) is 6.58 Å². The Bertz CT molecular complexity index is 331. The fraction of sp³-hybridized carbons (Fsp3) is 0.500. The Hall–Kier alpha value is -0.930. The van der Waals surface area contributed by atoms with Gasteiger partial charge in [-0.2, -0.15) is 0 Å². The molecular weight excluding hydrogens is 168 g/mol. The van der Waals surface area contributed by atoms with Gasteiger partial charge in [0.1, 0.15) is 0 Å². The molecule has 2 bridgehead atoms. The molecule has 5 atom stereocenters. The van der Waals surface area contributed by atoms with Crippen molar-refractivity contribution in [2.45, 2.75) is 18.3 Å². The summed E-state index contributed by atoms with van der Waals surface area (Å²) in [6.45, 7) is 3.61. The summed E-state index contributed by atoms with van der Waals surface area (Å²) in [6.07, 6.45) is 2.96. The lowest BCUT2D eigenvalue weighted by Crippen LogP contribution is -2.28. The Morgan fingerprint density at radius 2 is 2.08 bits per heavy atom. The summed E-state index contributed by atoms with van der Waals surface area (Å²) < 4.78 is 5.50. The molecule has 13 heavy (non-hydrogen) atoms. The van der Waals surface area contributed by atoms with E-state index in [0.717, 1.165) is 0 Å². The maximum absolute atomic E-state index is 11.6. The summed E-state index contributed by atoms with van der Waals surface area (Å²) in [5.74, 6) is -0.262. The van der Waals surface area contributed by atoms with Crippen molar-refractivity contribution in [1.82, 2.24) is 0 Å². The van der Waals surface area contributed by atoms with Gasteiger partial charge in [-0.25, -0.2) is 0 Å². The van der Waals surface area contributed by atoms with Crippen molar-refractivity contribution in [3.05, 3.63) is 24.3 Å². The second-order valence-corrected chi connectivity index (χ2v) is 3.89. The molecule has 1 N–H and O–H groups in total. The van der Waals surface area contributed by atoms with E-state index in [4.69, 9.17) is 4.74 Å². The van der Waals surface area contributed by atoms with Crippen LogP contribution in [0, 0.1) is 11.8 Å². The predicted molar refractivity (Wildman–Crippen MR) is 44.9 cm³/mol. The number of carbonyl (C=O) groups is 1. The Morgan fingerprint density at radius 3 is 2.77 bits per heavy atom. The van der Waals surface area contributed by atoms with Crippen LogP contribution in [0.25, 0.3) is 0 Å². The van der Waals surface area contributed by atoms with Crippen molar-refractivity contribution in [3.8, 4) is 0 Å². The Labute approximate surface area is 75.7 Å². The molecule has 4 unspecified atom stereocenters. The van der Waals surface area contributed by atoms with Gasteiger partial charge in [-0.3, -0.25) is 4.79 Å². The number of aliphatic hydroxyl groups excluding tert-OH is 1. The molecule has 1 aliphatic carbocycles. The molecule has 1 saturated heterocycles.